The highest BCUT2D eigenvalue weighted by Crippen LogP contribution is 2.31. The van der Waals surface area contributed by atoms with Crippen LogP contribution in [0.1, 0.15) is 0 Å². The van der Waals surface area contributed by atoms with Crippen LogP contribution in [0.4, 0.5) is 0 Å². The first-order valence-electron chi connectivity index (χ1n) is 7.28. The summed E-state index contributed by atoms with van der Waals surface area (Å²) >= 11 is 0. The van der Waals surface area contributed by atoms with E-state index in [-0.39, 0.29) is 28.2 Å². The van der Waals surface area contributed by atoms with Gasteiger partial charge in [0.15, 0.2) is 12.0 Å². The second kappa shape index (κ2) is 6.56. The van der Waals surface area contributed by atoms with Gasteiger partial charge in [-0.2, -0.15) is 0 Å². The number of phenolic OH excluding ortho intramolecular Hbond substituents is 1. The van der Waals surface area contributed by atoms with Gasteiger partial charge in [-0.3, -0.25) is 4.79 Å². The van der Waals surface area contributed by atoms with Crippen LogP contribution in [0.2, 0.25) is 0 Å². The van der Waals surface area contributed by atoms with Crippen molar-refractivity contribution in [2.75, 3.05) is 13.7 Å². The van der Waals surface area contributed by atoms with Crippen LogP contribution in [0.3, 0.4) is 0 Å². The summed E-state index contributed by atoms with van der Waals surface area (Å²) < 4.78 is 15.9. The number of methoxy groups -OCH3 is 1. The van der Waals surface area contributed by atoms with E-state index in [9.17, 15) is 14.7 Å². The average molecular weight is 342 g/mol. The molecule has 128 valence electrons. The Balaban J connectivity index is 2.13. The third kappa shape index (κ3) is 3.40. The van der Waals surface area contributed by atoms with Gasteiger partial charge in [0.2, 0.25) is 0 Å². The number of rotatable bonds is 5. The molecule has 0 amide bonds. The van der Waals surface area contributed by atoms with Crippen LogP contribution in [0, 0.1) is 0 Å². The van der Waals surface area contributed by atoms with E-state index in [0.717, 1.165) is 0 Å². The Hall–Kier alpha value is -3.48. The monoisotopic (exact) mass is 342 g/mol. The lowest BCUT2D eigenvalue weighted by Crippen LogP contribution is -2.09. The molecule has 0 unspecified atom stereocenters. The van der Waals surface area contributed by atoms with Gasteiger partial charge in [-0.15, -0.1) is 0 Å². The summed E-state index contributed by atoms with van der Waals surface area (Å²) in [5, 5.41) is 18.7. The zero-order chi connectivity index (χ0) is 18.0. The number of aliphatic carboxylic acids is 1. The van der Waals surface area contributed by atoms with Crippen molar-refractivity contribution in [2.24, 2.45) is 0 Å². The van der Waals surface area contributed by atoms with Gasteiger partial charge in [0, 0.05) is 23.8 Å². The fourth-order valence-electron chi connectivity index (χ4n) is 2.39. The molecule has 3 aromatic rings. The fraction of sp³-hybridized carbons (Fsp3) is 0.111. The lowest BCUT2D eigenvalue weighted by atomic mass is 10.1. The molecule has 0 spiro atoms. The summed E-state index contributed by atoms with van der Waals surface area (Å²) in [4.78, 5) is 22.9. The molecule has 7 nitrogen and oxygen atoms in total. The Bertz CT molecular complexity index is 1000. The maximum absolute atomic E-state index is 12.3. The molecule has 1 aromatic heterocycles. The quantitative estimate of drug-likeness (QED) is 0.734. The van der Waals surface area contributed by atoms with Gasteiger partial charge in [-0.1, -0.05) is 12.1 Å². The predicted octanol–water partition coefficient (Wildman–Crippen LogP) is 2.64. The molecule has 0 atom stereocenters. The van der Waals surface area contributed by atoms with Gasteiger partial charge in [0.25, 0.3) is 0 Å². The molecule has 1 heterocycles. The number of hydrogen-bond acceptors (Lipinski definition) is 6. The molecular weight excluding hydrogens is 328 g/mol. The summed E-state index contributed by atoms with van der Waals surface area (Å²) in [7, 11) is 1.53. The number of hydrogen-bond donors (Lipinski definition) is 2. The first kappa shape index (κ1) is 16.4. The molecule has 7 heteroatoms. The normalized spacial score (nSPS) is 10.6. The molecule has 0 aliphatic heterocycles. The molecule has 25 heavy (non-hydrogen) atoms. The lowest BCUT2D eigenvalue weighted by Gasteiger charge is -2.08. The molecule has 0 radical (unpaired) electrons. The largest absolute Gasteiger partial charge is 0.507 e. The minimum absolute atomic E-state index is 0.00526. The Morgan fingerprint density at radius 2 is 1.96 bits per heavy atom. The molecule has 2 aromatic carbocycles. The fourth-order valence-corrected chi connectivity index (χ4v) is 2.39. The summed E-state index contributed by atoms with van der Waals surface area (Å²) in [5.41, 5.74) is 0.279. The predicted molar refractivity (Wildman–Crippen MR) is 89.3 cm³/mol. The maximum Gasteiger partial charge on any atom is 0.341 e. The minimum Gasteiger partial charge on any atom is -0.507 e. The first-order chi connectivity index (χ1) is 12.0. The van der Waals surface area contributed by atoms with Crippen LogP contribution >= 0.6 is 0 Å². The summed E-state index contributed by atoms with van der Waals surface area (Å²) in [5.74, 6) is -0.541. The number of ether oxygens (including phenoxy) is 2. The van der Waals surface area contributed by atoms with E-state index < -0.39 is 18.0 Å². The van der Waals surface area contributed by atoms with Crippen molar-refractivity contribution in [1.82, 2.24) is 0 Å². The smallest absolute Gasteiger partial charge is 0.341 e. The van der Waals surface area contributed by atoms with E-state index in [4.69, 9.17) is 19.0 Å². The second-order valence-corrected chi connectivity index (χ2v) is 5.20. The number of phenols is 1. The SMILES string of the molecule is COc1cccc(-c2cc(=O)c3c(O)cc(OCC(=O)O)cc3o2)c1. The van der Waals surface area contributed by atoms with Gasteiger partial charge < -0.3 is 24.1 Å². The van der Waals surface area contributed by atoms with E-state index in [2.05, 4.69) is 0 Å². The van der Waals surface area contributed by atoms with Gasteiger partial charge >= 0.3 is 5.97 Å². The van der Waals surface area contributed by atoms with Crippen LogP contribution in [0.5, 0.6) is 17.2 Å². The van der Waals surface area contributed by atoms with Crippen LogP contribution in [-0.2, 0) is 4.79 Å². The minimum atomic E-state index is -1.16. The molecule has 0 fully saturated rings. The number of fused-ring (bicyclic) bond motifs is 1. The van der Waals surface area contributed by atoms with Gasteiger partial charge in [-0.25, -0.2) is 4.79 Å². The van der Waals surface area contributed by atoms with Crippen molar-refractivity contribution in [2.45, 2.75) is 0 Å². The Morgan fingerprint density at radius 3 is 2.68 bits per heavy atom. The highest BCUT2D eigenvalue weighted by molar-refractivity contribution is 5.86. The standard InChI is InChI=1S/C18H14O7/c1-23-11-4-2-3-10(5-11)15-8-14(20)18-13(19)6-12(7-16(18)25-15)24-9-17(21)22/h2-8,19H,9H2,1H3,(H,21,22). The van der Waals surface area contributed by atoms with E-state index in [1.165, 1.54) is 25.3 Å². The second-order valence-electron chi connectivity index (χ2n) is 5.20. The lowest BCUT2D eigenvalue weighted by molar-refractivity contribution is -0.139. The van der Waals surface area contributed by atoms with Crippen molar-refractivity contribution in [1.29, 1.82) is 0 Å². The van der Waals surface area contributed by atoms with E-state index in [1.807, 2.05) is 0 Å². The number of carboxylic acids is 1. The van der Waals surface area contributed by atoms with Crippen molar-refractivity contribution in [3.05, 3.63) is 52.7 Å². The first-order valence-corrected chi connectivity index (χ1v) is 7.28. The van der Waals surface area contributed by atoms with Crippen LogP contribution in [-0.4, -0.2) is 29.9 Å². The number of carbonyl (C=O) groups is 1. The highest BCUT2D eigenvalue weighted by Gasteiger charge is 2.13. The molecule has 0 aliphatic rings. The van der Waals surface area contributed by atoms with Gasteiger partial charge in [0.05, 0.1) is 7.11 Å². The van der Waals surface area contributed by atoms with E-state index >= 15 is 0 Å². The summed E-state index contributed by atoms with van der Waals surface area (Å²) in [6.07, 6.45) is 0. The maximum atomic E-state index is 12.3. The van der Waals surface area contributed by atoms with Gasteiger partial charge in [-0.05, 0) is 12.1 Å². The number of carboxylic acid groups (broad SMARTS) is 1. The topological polar surface area (TPSA) is 106 Å². The number of aromatic hydroxyl groups is 1. The Morgan fingerprint density at radius 1 is 1.16 bits per heavy atom. The summed E-state index contributed by atoms with van der Waals surface area (Å²) in [6.45, 7) is -0.579. The van der Waals surface area contributed by atoms with E-state index in [0.29, 0.717) is 11.3 Å². The van der Waals surface area contributed by atoms with Crippen LogP contribution in [0.25, 0.3) is 22.3 Å². The Labute approximate surface area is 141 Å². The molecule has 0 saturated carbocycles. The third-order valence-electron chi connectivity index (χ3n) is 3.50. The van der Waals surface area contributed by atoms with Crippen molar-refractivity contribution < 1.29 is 28.9 Å². The zero-order valence-electron chi connectivity index (χ0n) is 13.2. The molecular formula is C18H14O7. The van der Waals surface area contributed by atoms with Crippen molar-refractivity contribution in [3.8, 4) is 28.6 Å². The van der Waals surface area contributed by atoms with Crippen molar-refractivity contribution in [3.63, 3.8) is 0 Å². The summed E-state index contributed by atoms with van der Waals surface area (Å²) in [6, 6.07) is 10.8. The van der Waals surface area contributed by atoms with Crippen LogP contribution in [0.15, 0.2) is 51.7 Å². The van der Waals surface area contributed by atoms with E-state index in [1.54, 1.807) is 24.3 Å². The Kier molecular flexibility index (Phi) is 4.30. The average Bonchev–Trinajstić information content (AvgIpc) is 2.59. The van der Waals surface area contributed by atoms with Gasteiger partial charge in [0.1, 0.15) is 34.0 Å². The molecule has 0 saturated heterocycles. The molecule has 3 rings (SSSR count). The van der Waals surface area contributed by atoms with Crippen LogP contribution < -0.4 is 14.9 Å². The number of benzene rings is 2. The molecule has 0 bridgehead atoms. The zero-order valence-corrected chi connectivity index (χ0v) is 13.2. The molecule has 0 aliphatic carbocycles. The molecule has 2 N–H and O–H groups in total. The third-order valence-corrected chi connectivity index (χ3v) is 3.50. The highest BCUT2D eigenvalue weighted by atomic mass is 16.5. The van der Waals surface area contributed by atoms with Crippen molar-refractivity contribution >= 4 is 16.9 Å².